The van der Waals surface area contributed by atoms with Crippen molar-refractivity contribution in [3.05, 3.63) is 23.8 Å². The van der Waals surface area contributed by atoms with Crippen LogP contribution in [0, 0.1) is 0 Å². The molecule has 7 heteroatoms. The SMILES string of the molecule is CCCCNC(=O)c1cc(NS(C)(=O)=O)ccc1OC1CCCCC1. The lowest BCUT2D eigenvalue weighted by Gasteiger charge is -2.24. The highest BCUT2D eigenvalue weighted by atomic mass is 32.2. The molecule has 0 unspecified atom stereocenters. The van der Waals surface area contributed by atoms with Crippen molar-refractivity contribution in [2.75, 3.05) is 17.5 Å². The molecule has 0 aromatic heterocycles. The molecule has 0 atom stereocenters. The number of benzene rings is 1. The molecule has 1 aromatic rings. The van der Waals surface area contributed by atoms with Crippen LogP contribution in [0.5, 0.6) is 5.75 Å². The lowest BCUT2D eigenvalue weighted by Crippen LogP contribution is -2.27. The number of ether oxygens (including phenoxy) is 1. The molecule has 1 aliphatic rings. The highest BCUT2D eigenvalue weighted by Crippen LogP contribution is 2.28. The van der Waals surface area contributed by atoms with Crippen LogP contribution in [0.2, 0.25) is 0 Å². The lowest BCUT2D eigenvalue weighted by molar-refractivity contribution is 0.0941. The second-order valence-corrected chi connectivity index (χ2v) is 8.32. The van der Waals surface area contributed by atoms with Crippen LogP contribution < -0.4 is 14.8 Å². The highest BCUT2D eigenvalue weighted by molar-refractivity contribution is 7.92. The van der Waals surface area contributed by atoms with Gasteiger partial charge in [-0.25, -0.2) is 8.42 Å². The fraction of sp³-hybridized carbons (Fsp3) is 0.611. The van der Waals surface area contributed by atoms with E-state index in [-0.39, 0.29) is 12.0 Å². The molecule has 1 amide bonds. The minimum atomic E-state index is -3.40. The third kappa shape index (κ3) is 6.57. The number of hydrogen-bond donors (Lipinski definition) is 2. The Balaban J connectivity index is 2.21. The summed E-state index contributed by atoms with van der Waals surface area (Å²) >= 11 is 0. The number of sulfonamides is 1. The van der Waals surface area contributed by atoms with Crippen LogP contribution in [-0.2, 0) is 10.0 Å². The van der Waals surface area contributed by atoms with Crippen molar-refractivity contribution in [2.45, 2.75) is 58.0 Å². The van der Waals surface area contributed by atoms with Crippen LogP contribution in [-0.4, -0.2) is 33.2 Å². The Labute approximate surface area is 150 Å². The van der Waals surface area contributed by atoms with E-state index >= 15 is 0 Å². The minimum absolute atomic E-state index is 0.115. The van der Waals surface area contributed by atoms with Gasteiger partial charge in [-0.2, -0.15) is 0 Å². The van der Waals surface area contributed by atoms with E-state index in [0.29, 0.717) is 23.5 Å². The van der Waals surface area contributed by atoms with Crippen molar-refractivity contribution in [3.8, 4) is 5.75 Å². The fourth-order valence-electron chi connectivity index (χ4n) is 2.92. The zero-order chi connectivity index (χ0) is 18.3. The summed E-state index contributed by atoms with van der Waals surface area (Å²) in [6, 6.07) is 4.85. The summed E-state index contributed by atoms with van der Waals surface area (Å²) in [4.78, 5) is 12.5. The van der Waals surface area contributed by atoms with Crippen molar-refractivity contribution in [2.24, 2.45) is 0 Å². The molecule has 0 heterocycles. The Morgan fingerprint density at radius 3 is 2.60 bits per heavy atom. The zero-order valence-electron chi connectivity index (χ0n) is 15.0. The molecule has 2 N–H and O–H groups in total. The van der Waals surface area contributed by atoms with E-state index in [4.69, 9.17) is 4.74 Å². The van der Waals surface area contributed by atoms with Gasteiger partial charge >= 0.3 is 0 Å². The third-order valence-corrected chi connectivity index (χ3v) is 4.80. The number of unbranched alkanes of at least 4 members (excludes halogenated alkanes) is 1. The molecule has 1 saturated carbocycles. The number of carbonyl (C=O) groups is 1. The molecule has 1 aromatic carbocycles. The molecule has 0 spiro atoms. The van der Waals surface area contributed by atoms with E-state index < -0.39 is 10.0 Å². The molecule has 140 valence electrons. The first-order chi connectivity index (χ1) is 11.9. The predicted molar refractivity (Wildman–Crippen MR) is 99.7 cm³/mol. The van der Waals surface area contributed by atoms with E-state index in [1.54, 1.807) is 18.2 Å². The maximum absolute atomic E-state index is 12.5. The Morgan fingerprint density at radius 2 is 1.96 bits per heavy atom. The minimum Gasteiger partial charge on any atom is -0.490 e. The van der Waals surface area contributed by atoms with Gasteiger partial charge < -0.3 is 10.1 Å². The summed E-state index contributed by atoms with van der Waals surface area (Å²) < 4.78 is 31.4. The van der Waals surface area contributed by atoms with Crippen molar-refractivity contribution in [1.29, 1.82) is 0 Å². The Hall–Kier alpha value is -1.76. The van der Waals surface area contributed by atoms with Gasteiger partial charge in [-0.1, -0.05) is 19.8 Å². The average Bonchev–Trinajstić information content (AvgIpc) is 2.56. The second-order valence-electron chi connectivity index (χ2n) is 6.57. The first kappa shape index (κ1) is 19.6. The van der Waals surface area contributed by atoms with Crippen LogP contribution in [0.3, 0.4) is 0 Å². The van der Waals surface area contributed by atoms with Gasteiger partial charge in [0, 0.05) is 12.2 Å². The lowest BCUT2D eigenvalue weighted by atomic mass is 9.97. The molecule has 0 bridgehead atoms. The molecule has 0 aliphatic heterocycles. The summed E-state index contributed by atoms with van der Waals surface area (Å²) in [7, 11) is -3.40. The number of amides is 1. The van der Waals surface area contributed by atoms with E-state index in [9.17, 15) is 13.2 Å². The van der Waals surface area contributed by atoms with E-state index in [2.05, 4.69) is 17.0 Å². The number of rotatable bonds is 8. The van der Waals surface area contributed by atoms with Gasteiger partial charge in [0.15, 0.2) is 0 Å². The smallest absolute Gasteiger partial charge is 0.255 e. The molecule has 1 aliphatic carbocycles. The largest absolute Gasteiger partial charge is 0.490 e. The van der Waals surface area contributed by atoms with Crippen molar-refractivity contribution in [3.63, 3.8) is 0 Å². The number of carbonyl (C=O) groups excluding carboxylic acids is 1. The van der Waals surface area contributed by atoms with Gasteiger partial charge in [0.1, 0.15) is 5.75 Å². The number of anilines is 1. The first-order valence-electron chi connectivity index (χ1n) is 8.95. The monoisotopic (exact) mass is 368 g/mol. The molecule has 1 fully saturated rings. The van der Waals surface area contributed by atoms with Crippen LogP contribution in [0.15, 0.2) is 18.2 Å². The quantitative estimate of drug-likeness (QED) is 0.690. The van der Waals surface area contributed by atoms with E-state index in [1.165, 1.54) is 6.42 Å². The number of hydrogen-bond acceptors (Lipinski definition) is 4. The van der Waals surface area contributed by atoms with Crippen LogP contribution in [0.1, 0.15) is 62.2 Å². The maximum atomic E-state index is 12.5. The Kier molecular flexibility index (Phi) is 7.11. The van der Waals surface area contributed by atoms with Gasteiger partial charge in [-0.3, -0.25) is 9.52 Å². The summed E-state index contributed by atoms with van der Waals surface area (Å²) in [5.41, 5.74) is 0.731. The van der Waals surface area contributed by atoms with Gasteiger partial charge in [0.2, 0.25) is 10.0 Å². The van der Waals surface area contributed by atoms with E-state index in [1.807, 2.05) is 0 Å². The summed E-state index contributed by atoms with van der Waals surface area (Å²) in [6.07, 6.45) is 8.55. The molecule has 6 nitrogen and oxygen atoms in total. The van der Waals surface area contributed by atoms with Crippen molar-refractivity contribution < 1.29 is 17.9 Å². The summed E-state index contributed by atoms with van der Waals surface area (Å²) in [5, 5.41) is 2.87. The molecule has 25 heavy (non-hydrogen) atoms. The fourth-order valence-corrected chi connectivity index (χ4v) is 3.48. The Morgan fingerprint density at radius 1 is 1.24 bits per heavy atom. The van der Waals surface area contributed by atoms with Crippen LogP contribution in [0.4, 0.5) is 5.69 Å². The van der Waals surface area contributed by atoms with Crippen LogP contribution >= 0.6 is 0 Å². The van der Waals surface area contributed by atoms with Gasteiger partial charge in [-0.15, -0.1) is 0 Å². The average molecular weight is 368 g/mol. The molecule has 0 saturated heterocycles. The van der Waals surface area contributed by atoms with Gasteiger partial charge in [0.25, 0.3) is 5.91 Å². The second kappa shape index (κ2) is 9.08. The molecular formula is C18H28N2O4S. The van der Waals surface area contributed by atoms with Gasteiger partial charge in [0.05, 0.1) is 17.9 Å². The van der Waals surface area contributed by atoms with Gasteiger partial charge in [-0.05, 0) is 50.3 Å². The van der Waals surface area contributed by atoms with E-state index in [0.717, 1.165) is 44.8 Å². The predicted octanol–water partition coefficient (Wildman–Crippen LogP) is 3.30. The summed E-state index contributed by atoms with van der Waals surface area (Å²) in [5.74, 6) is 0.274. The third-order valence-electron chi connectivity index (χ3n) is 4.19. The van der Waals surface area contributed by atoms with Crippen molar-refractivity contribution in [1.82, 2.24) is 5.32 Å². The molecule has 0 radical (unpaired) electrons. The standard InChI is InChI=1S/C18H28N2O4S/c1-3-4-12-19-18(21)16-13-14(20-25(2,22)23)10-11-17(16)24-15-8-6-5-7-9-15/h10-11,13,15,20H,3-9,12H2,1-2H3,(H,19,21). The normalized spacial score (nSPS) is 15.6. The Bertz CT molecular complexity index is 682. The zero-order valence-corrected chi connectivity index (χ0v) is 15.8. The number of nitrogens with one attached hydrogen (secondary N) is 2. The molecular weight excluding hydrogens is 340 g/mol. The highest BCUT2D eigenvalue weighted by Gasteiger charge is 2.20. The van der Waals surface area contributed by atoms with Crippen molar-refractivity contribution >= 4 is 21.6 Å². The molecule has 2 rings (SSSR count). The topological polar surface area (TPSA) is 84.5 Å². The van der Waals surface area contributed by atoms with Crippen LogP contribution in [0.25, 0.3) is 0 Å². The maximum Gasteiger partial charge on any atom is 0.255 e. The summed E-state index contributed by atoms with van der Waals surface area (Å²) in [6.45, 7) is 2.64. The first-order valence-corrected chi connectivity index (χ1v) is 10.8.